The molecule has 0 aromatic carbocycles. The monoisotopic (exact) mass is 240 g/mol. The van der Waals surface area contributed by atoms with E-state index in [9.17, 15) is 13.2 Å². The predicted molar refractivity (Wildman–Crippen MR) is 47.9 cm³/mol. The van der Waals surface area contributed by atoms with E-state index in [2.05, 4.69) is 14.7 Å². The fourth-order valence-electron chi connectivity index (χ4n) is 0.767. The molecule has 0 bridgehead atoms. The van der Waals surface area contributed by atoms with Crippen molar-refractivity contribution in [2.45, 2.75) is 26.1 Å². The Hall–Kier alpha value is -1.04. The van der Waals surface area contributed by atoms with E-state index in [1.54, 1.807) is 0 Å². The first-order chi connectivity index (χ1) is 6.82. The summed E-state index contributed by atoms with van der Waals surface area (Å²) in [5.41, 5.74) is 0.287. The van der Waals surface area contributed by atoms with Crippen LogP contribution in [0.25, 0.3) is 0 Å². The third-order valence-electron chi connectivity index (χ3n) is 1.73. The fraction of sp³-hybridized carbons (Fsp3) is 0.500. The summed E-state index contributed by atoms with van der Waals surface area (Å²) in [7, 11) is 0. The molecule has 1 aromatic rings. The van der Waals surface area contributed by atoms with Crippen LogP contribution in [0.15, 0.2) is 6.33 Å². The number of ether oxygens (including phenoxy) is 1. The molecule has 0 radical (unpaired) electrons. The molecule has 0 aliphatic carbocycles. The summed E-state index contributed by atoms with van der Waals surface area (Å²) in [5.74, 6) is -0.153. The van der Waals surface area contributed by atoms with Crippen molar-refractivity contribution in [3.63, 3.8) is 0 Å². The number of halogens is 4. The number of nitrogens with zero attached hydrogens (tertiary/aromatic N) is 2. The van der Waals surface area contributed by atoms with Crippen LogP contribution in [-0.2, 0) is 0 Å². The Balaban J connectivity index is 2.86. The Kier molecular flexibility index (Phi) is 3.38. The van der Waals surface area contributed by atoms with Crippen LogP contribution in [0.2, 0.25) is 5.15 Å². The molecule has 0 spiro atoms. The lowest BCUT2D eigenvalue weighted by molar-refractivity contribution is -0.190. The van der Waals surface area contributed by atoms with Crippen molar-refractivity contribution in [2.24, 2.45) is 0 Å². The molecule has 0 saturated carbocycles. The second-order valence-electron chi connectivity index (χ2n) is 2.90. The van der Waals surface area contributed by atoms with E-state index in [-0.39, 0.29) is 16.6 Å². The van der Waals surface area contributed by atoms with Crippen molar-refractivity contribution < 1.29 is 17.9 Å². The molecule has 3 nitrogen and oxygen atoms in total. The van der Waals surface area contributed by atoms with Gasteiger partial charge in [0.1, 0.15) is 11.5 Å². The van der Waals surface area contributed by atoms with Crippen LogP contribution in [-0.4, -0.2) is 22.2 Å². The van der Waals surface area contributed by atoms with Gasteiger partial charge in [-0.05, 0) is 13.8 Å². The zero-order chi connectivity index (χ0) is 11.6. The molecular formula is C8H8ClF3N2O. The third-order valence-corrected chi connectivity index (χ3v) is 2.11. The highest BCUT2D eigenvalue weighted by Crippen LogP contribution is 2.27. The summed E-state index contributed by atoms with van der Waals surface area (Å²) in [4.78, 5) is 7.18. The first-order valence-corrected chi connectivity index (χ1v) is 4.40. The highest BCUT2D eigenvalue weighted by Gasteiger charge is 2.38. The van der Waals surface area contributed by atoms with Crippen molar-refractivity contribution in [3.05, 3.63) is 17.0 Å². The minimum absolute atomic E-state index is 0.0781. The van der Waals surface area contributed by atoms with Crippen molar-refractivity contribution >= 4 is 11.6 Å². The molecule has 1 rings (SSSR count). The molecule has 0 aliphatic rings. The van der Waals surface area contributed by atoms with Gasteiger partial charge >= 0.3 is 6.18 Å². The van der Waals surface area contributed by atoms with Crippen LogP contribution in [0.4, 0.5) is 13.2 Å². The second kappa shape index (κ2) is 4.22. The molecule has 0 saturated heterocycles. The SMILES string of the molecule is Cc1c(Cl)ncnc1OC(C)C(F)(F)F. The van der Waals surface area contributed by atoms with Crippen molar-refractivity contribution in [1.29, 1.82) is 0 Å². The Morgan fingerprint density at radius 3 is 2.53 bits per heavy atom. The average molecular weight is 241 g/mol. The second-order valence-corrected chi connectivity index (χ2v) is 3.25. The molecule has 0 N–H and O–H groups in total. The Morgan fingerprint density at radius 1 is 1.40 bits per heavy atom. The van der Waals surface area contributed by atoms with Crippen LogP contribution in [0.3, 0.4) is 0 Å². The molecular weight excluding hydrogens is 233 g/mol. The first-order valence-electron chi connectivity index (χ1n) is 4.03. The van der Waals surface area contributed by atoms with Crippen molar-refractivity contribution in [2.75, 3.05) is 0 Å². The quantitative estimate of drug-likeness (QED) is 0.746. The standard InChI is InChI=1S/C8H8ClF3N2O/c1-4-6(9)13-3-14-7(4)15-5(2)8(10,11)12/h3,5H,1-2H3. The van der Waals surface area contributed by atoms with Gasteiger partial charge in [-0.1, -0.05) is 11.6 Å². The van der Waals surface area contributed by atoms with E-state index in [0.717, 1.165) is 13.3 Å². The van der Waals surface area contributed by atoms with E-state index < -0.39 is 12.3 Å². The highest BCUT2D eigenvalue weighted by molar-refractivity contribution is 6.30. The normalized spacial score (nSPS) is 13.7. The summed E-state index contributed by atoms with van der Waals surface area (Å²) in [6, 6.07) is 0. The van der Waals surface area contributed by atoms with Gasteiger partial charge in [-0.25, -0.2) is 9.97 Å². The van der Waals surface area contributed by atoms with Gasteiger partial charge < -0.3 is 4.74 Å². The molecule has 1 atom stereocenters. The molecule has 7 heteroatoms. The van der Waals surface area contributed by atoms with E-state index in [0.29, 0.717) is 0 Å². The number of alkyl halides is 3. The number of hydrogen-bond acceptors (Lipinski definition) is 3. The summed E-state index contributed by atoms with van der Waals surface area (Å²) in [6.07, 6.45) is -5.31. The van der Waals surface area contributed by atoms with Crippen LogP contribution >= 0.6 is 11.6 Å². The number of hydrogen-bond donors (Lipinski definition) is 0. The van der Waals surface area contributed by atoms with Gasteiger partial charge in [0.2, 0.25) is 5.88 Å². The lowest BCUT2D eigenvalue weighted by atomic mass is 10.3. The Bertz CT molecular complexity index is 356. The Morgan fingerprint density at radius 2 is 2.00 bits per heavy atom. The maximum absolute atomic E-state index is 12.2. The minimum Gasteiger partial charge on any atom is -0.465 e. The summed E-state index contributed by atoms with van der Waals surface area (Å²) in [5, 5.41) is 0.0781. The zero-order valence-electron chi connectivity index (χ0n) is 7.97. The van der Waals surface area contributed by atoms with Crippen molar-refractivity contribution in [3.8, 4) is 5.88 Å². The van der Waals surface area contributed by atoms with Gasteiger partial charge in [0.15, 0.2) is 6.10 Å². The molecule has 0 fully saturated rings. The predicted octanol–water partition coefficient (Wildman–Crippen LogP) is 2.77. The van der Waals surface area contributed by atoms with Gasteiger partial charge in [-0.15, -0.1) is 0 Å². The summed E-state index contributed by atoms with van der Waals surface area (Å²) < 4.78 is 41.1. The summed E-state index contributed by atoms with van der Waals surface area (Å²) >= 11 is 5.60. The van der Waals surface area contributed by atoms with Gasteiger partial charge in [0.25, 0.3) is 0 Å². The lowest BCUT2D eigenvalue weighted by Gasteiger charge is -2.17. The first kappa shape index (κ1) is 12.0. The van der Waals surface area contributed by atoms with E-state index in [1.165, 1.54) is 6.92 Å². The van der Waals surface area contributed by atoms with E-state index in [4.69, 9.17) is 11.6 Å². The van der Waals surface area contributed by atoms with E-state index in [1.807, 2.05) is 0 Å². The van der Waals surface area contributed by atoms with Crippen LogP contribution in [0, 0.1) is 6.92 Å². The topological polar surface area (TPSA) is 35.0 Å². The van der Waals surface area contributed by atoms with Gasteiger partial charge in [0, 0.05) is 5.56 Å². The fourth-order valence-corrected chi connectivity index (χ4v) is 0.891. The molecule has 15 heavy (non-hydrogen) atoms. The number of aromatic nitrogens is 2. The minimum atomic E-state index is -4.43. The maximum atomic E-state index is 12.2. The van der Waals surface area contributed by atoms with Crippen molar-refractivity contribution in [1.82, 2.24) is 9.97 Å². The van der Waals surface area contributed by atoms with Gasteiger partial charge in [-0.2, -0.15) is 13.2 Å². The van der Waals surface area contributed by atoms with E-state index >= 15 is 0 Å². The molecule has 1 aromatic heterocycles. The van der Waals surface area contributed by atoms with Gasteiger partial charge in [0.05, 0.1) is 0 Å². The lowest BCUT2D eigenvalue weighted by Crippen LogP contribution is -2.31. The molecule has 1 unspecified atom stereocenters. The molecule has 84 valence electrons. The smallest absolute Gasteiger partial charge is 0.425 e. The largest absolute Gasteiger partial charge is 0.465 e. The number of rotatable bonds is 2. The van der Waals surface area contributed by atoms with Gasteiger partial charge in [-0.3, -0.25) is 0 Å². The summed E-state index contributed by atoms with van der Waals surface area (Å²) in [6.45, 7) is 2.39. The highest BCUT2D eigenvalue weighted by atomic mass is 35.5. The van der Waals surface area contributed by atoms with Crippen LogP contribution < -0.4 is 4.74 Å². The average Bonchev–Trinajstić information content (AvgIpc) is 2.11. The molecule has 1 heterocycles. The third kappa shape index (κ3) is 2.95. The van der Waals surface area contributed by atoms with Crippen LogP contribution in [0.5, 0.6) is 5.88 Å². The Labute approximate surface area is 89.2 Å². The molecule has 0 aliphatic heterocycles. The van der Waals surface area contributed by atoms with Crippen LogP contribution in [0.1, 0.15) is 12.5 Å². The zero-order valence-corrected chi connectivity index (χ0v) is 8.73. The maximum Gasteiger partial charge on any atom is 0.425 e. The molecule has 0 amide bonds.